The van der Waals surface area contributed by atoms with Crippen molar-refractivity contribution in [3.05, 3.63) is 11.6 Å². The first-order valence-corrected chi connectivity index (χ1v) is 3.35. The molecule has 0 amide bonds. The second kappa shape index (κ2) is 5.31. The second-order valence-corrected chi connectivity index (χ2v) is 2.14. The number of carboxylic acids is 2. The third-order valence-electron chi connectivity index (χ3n) is 1.18. The van der Waals surface area contributed by atoms with Gasteiger partial charge < -0.3 is 15.3 Å². The van der Waals surface area contributed by atoms with Crippen molar-refractivity contribution in [2.75, 3.05) is 6.61 Å². The fourth-order valence-corrected chi connectivity index (χ4v) is 0.659. The summed E-state index contributed by atoms with van der Waals surface area (Å²) in [6.45, 7) is -0.149. The molecule has 0 saturated carbocycles. The molecule has 68 valence electrons. The molecule has 0 aromatic heterocycles. The number of hydrogen-bond acceptors (Lipinski definition) is 3. The highest BCUT2D eigenvalue weighted by Gasteiger charge is 2.08. The highest BCUT2D eigenvalue weighted by atomic mass is 16.4. The molecule has 0 unspecified atom stereocenters. The maximum absolute atomic E-state index is 10.3. The number of hydrogen-bond donors (Lipinski definition) is 3. The molecule has 0 heterocycles. The number of aliphatic carboxylic acids is 2. The monoisotopic (exact) mass is 174 g/mol. The average molecular weight is 174 g/mol. The summed E-state index contributed by atoms with van der Waals surface area (Å²) in [6, 6.07) is 0. The Hall–Kier alpha value is -1.36. The van der Waals surface area contributed by atoms with Gasteiger partial charge in [-0.3, -0.25) is 0 Å². The van der Waals surface area contributed by atoms with E-state index in [9.17, 15) is 9.59 Å². The second-order valence-electron chi connectivity index (χ2n) is 2.14. The smallest absolute Gasteiger partial charge is 0.331 e. The average Bonchev–Trinajstić information content (AvgIpc) is 1.96. The van der Waals surface area contributed by atoms with Crippen molar-refractivity contribution in [3.8, 4) is 0 Å². The SMILES string of the molecule is O=C(O)/C=C(/CCCO)C(=O)O. The van der Waals surface area contributed by atoms with E-state index in [1.807, 2.05) is 0 Å². The number of carboxylic acid groups (broad SMARTS) is 2. The number of rotatable bonds is 5. The molecule has 3 N–H and O–H groups in total. The minimum atomic E-state index is -1.29. The van der Waals surface area contributed by atoms with Crippen LogP contribution < -0.4 is 0 Å². The zero-order valence-corrected chi connectivity index (χ0v) is 6.36. The fraction of sp³-hybridized carbons (Fsp3) is 0.429. The maximum Gasteiger partial charge on any atom is 0.331 e. The standard InChI is InChI=1S/C7H10O5/c8-3-1-2-5(7(11)12)4-6(9)10/h4,8H,1-3H2,(H,9,10)(H,11,12)/b5-4-. The molecule has 0 aliphatic rings. The van der Waals surface area contributed by atoms with Gasteiger partial charge in [-0.2, -0.15) is 0 Å². The molecule has 5 nitrogen and oxygen atoms in total. The van der Waals surface area contributed by atoms with Crippen molar-refractivity contribution >= 4 is 11.9 Å². The van der Waals surface area contributed by atoms with Crippen LogP contribution in [0.25, 0.3) is 0 Å². The molecular weight excluding hydrogens is 164 g/mol. The third-order valence-corrected chi connectivity index (χ3v) is 1.18. The Morgan fingerprint density at radius 1 is 1.25 bits per heavy atom. The molecule has 0 radical (unpaired) electrons. The van der Waals surface area contributed by atoms with Gasteiger partial charge in [0.25, 0.3) is 0 Å². The van der Waals surface area contributed by atoms with Crippen LogP contribution in [0.3, 0.4) is 0 Å². The molecular formula is C7H10O5. The molecule has 0 atom stereocenters. The Balaban J connectivity index is 4.23. The highest BCUT2D eigenvalue weighted by molar-refractivity contribution is 5.94. The van der Waals surface area contributed by atoms with Crippen LogP contribution in [-0.2, 0) is 9.59 Å². The minimum absolute atomic E-state index is 0.0676. The van der Waals surface area contributed by atoms with Crippen LogP contribution in [0.15, 0.2) is 11.6 Å². The van der Waals surface area contributed by atoms with Gasteiger partial charge in [0, 0.05) is 18.3 Å². The van der Waals surface area contributed by atoms with E-state index in [4.69, 9.17) is 15.3 Å². The molecule has 0 aliphatic heterocycles. The molecule has 0 spiro atoms. The Labute approximate surface area is 68.9 Å². The summed E-state index contributed by atoms with van der Waals surface area (Å²) in [4.78, 5) is 20.4. The van der Waals surface area contributed by atoms with Gasteiger partial charge in [-0.25, -0.2) is 9.59 Å². The molecule has 0 bridgehead atoms. The van der Waals surface area contributed by atoms with Gasteiger partial charge in [0.05, 0.1) is 0 Å². The van der Waals surface area contributed by atoms with E-state index in [2.05, 4.69) is 0 Å². The zero-order valence-electron chi connectivity index (χ0n) is 6.36. The quantitative estimate of drug-likeness (QED) is 0.504. The van der Waals surface area contributed by atoms with Crippen LogP contribution in [-0.4, -0.2) is 33.9 Å². The van der Waals surface area contributed by atoms with Crippen LogP contribution in [0.2, 0.25) is 0 Å². The highest BCUT2D eigenvalue weighted by Crippen LogP contribution is 2.04. The summed E-state index contributed by atoms with van der Waals surface area (Å²) in [5, 5.41) is 25.0. The van der Waals surface area contributed by atoms with Crippen molar-refractivity contribution in [1.82, 2.24) is 0 Å². The van der Waals surface area contributed by atoms with E-state index in [0.717, 1.165) is 0 Å². The third kappa shape index (κ3) is 4.45. The summed E-state index contributed by atoms with van der Waals surface area (Å²) in [7, 11) is 0. The topological polar surface area (TPSA) is 94.8 Å². The van der Waals surface area contributed by atoms with Gasteiger partial charge in [-0.15, -0.1) is 0 Å². The first-order valence-electron chi connectivity index (χ1n) is 3.35. The lowest BCUT2D eigenvalue weighted by Gasteiger charge is -1.97. The number of aliphatic hydroxyl groups is 1. The van der Waals surface area contributed by atoms with Crippen LogP contribution >= 0.6 is 0 Å². The molecule has 12 heavy (non-hydrogen) atoms. The van der Waals surface area contributed by atoms with Gasteiger partial charge in [0.2, 0.25) is 0 Å². The molecule has 0 aliphatic carbocycles. The van der Waals surface area contributed by atoms with Crippen molar-refractivity contribution in [2.24, 2.45) is 0 Å². The van der Waals surface area contributed by atoms with Gasteiger partial charge >= 0.3 is 11.9 Å². The van der Waals surface area contributed by atoms with Gasteiger partial charge in [-0.1, -0.05) is 0 Å². The molecule has 0 fully saturated rings. The predicted molar refractivity (Wildman–Crippen MR) is 39.7 cm³/mol. The van der Waals surface area contributed by atoms with E-state index in [0.29, 0.717) is 6.08 Å². The van der Waals surface area contributed by atoms with E-state index in [1.54, 1.807) is 0 Å². The normalized spacial score (nSPS) is 11.2. The Morgan fingerprint density at radius 3 is 2.17 bits per heavy atom. The van der Waals surface area contributed by atoms with Gasteiger partial charge in [-0.05, 0) is 12.8 Å². The maximum atomic E-state index is 10.3. The molecule has 0 saturated heterocycles. The van der Waals surface area contributed by atoms with Crippen molar-refractivity contribution in [3.63, 3.8) is 0 Å². The summed E-state index contributed by atoms with van der Waals surface area (Å²) in [5.74, 6) is -2.55. The number of aliphatic hydroxyl groups excluding tert-OH is 1. The van der Waals surface area contributed by atoms with E-state index in [1.165, 1.54) is 0 Å². The fourth-order valence-electron chi connectivity index (χ4n) is 0.659. The van der Waals surface area contributed by atoms with Gasteiger partial charge in [0.15, 0.2) is 0 Å². The summed E-state index contributed by atoms with van der Waals surface area (Å²) in [5.41, 5.74) is -0.198. The summed E-state index contributed by atoms with van der Waals surface area (Å²) >= 11 is 0. The van der Waals surface area contributed by atoms with Crippen LogP contribution in [0.1, 0.15) is 12.8 Å². The molecule has 0 aromatic rings. The van der Waals surface area contributed by atoms with Gasteiger partial charge in [0.1, 0.15) is 0 Å². The lowest BCUT2D eigenvalue weighted by Crippen LogP contribution is -2.04. The molecule has 5 heteroatoms. The van der Waals surface area contributed by atoms with Crippen molar-refractivity contribution in [1.29, 1.82) is 0 Å². The molecule has 0 rings (SSSR count). The summed E-state index contributed by atoms with van der Waals surface area (Å²) < 4.78 is 0. The number of carbonyl (C=O) groups is 2. The minimum Gasteiger partial charge on any atom is -0.478 e. The van der Waals surface area contributed by atoms with E-state index >= 15 is 0 Å². The van der Waals surface area contributed by atoms with E-state index < -0.39 is 11.9 Å². The van der Waals surface area contributed by atoms with Crippen molar-refractivity contribution in [2.45, 2.75) is 12.8 Å². The summed E-state index contributed by atoms with van der Waals surface area (Å²) in [6.07, 6.45) is 0.960. The first-order chi connectivity index (χ1) is 5.57. The largest absolute Gasteiger partial charge is 0.478 e. The van der Waals surface area contributed by atoms with Crippen molar-refractivity contribution < 1.29 is 24.9 Å². The first kappa shape index (κ1) is 10.6. The zero-order chi connectivity index (χ0) is 9.56. The van der Waals surface area contributed by atoms with Crippen LogP contribution in [0.5, 0.6) is 0 Å². The molecule has 0 aromatic carbocycles. The van der Waals surface area contributed by atoms with E-state index in [-0.39, 0.29) is 25.0 Å². The van der Waals surface area contributed by atoms with Crippen LogP contribution in [0.4, 0.5) is 0 Å². The Kier molecular flexibility index (Phi) is 4.71. The Morgan fingerprint density at radius 2 is 1.83 bits per heavy atom. The lowest BCUT2D eigenvalue weighted by atomic mass is 10.1. The predicted octanol–water partition coefficient (Wildman–Crippen LogP) is -0.145. The van der Waals surface area contributed by atoms with Crippen LogP contribution in [0, 0.1) is 0 Å². The Bertz CT molecular complexity index is 206. The lowest BCUT2D eigenvalue weighted by molar-refractivity contribution is -0.135.